The Morgan fingerprint density at radius 2 is 1.81 bits per heavy atom. The van der Waals surface area contributed by atoms with Crippen molar-refractivity contribution < 1.29 is 9.13 Å². The van der Waals surface area contributed by atoms with E-state index in [1.165, 1.54) is 0 Å². The van der Waals surface area contributed by atoms with Gasteiger partial charge < -0.3 is 10.1 Å². The number of hydrogen-bond acceptors (Lipinski definition) is 2. The summed E-state index contributed by atoms with van der Waals surface area (Å²) in [5, 5.41) is 3.12. The molecule has 1 N–H and O–H groups in total. The molecule has 0 amide bonds. The smallest absolute Gasteiger partial charge is 0.132 e. The van der Waals surface area contributed by atoms with Gasteiger partial charge in [0.1, 0.15) is 17.3 Å². The van der Waals surface area contributed by atoms with E-state index in [0.29, 0.717) is 11.3 Å². The fourth-order valence-electron chi connectivity index (χ4n) is 2.10. The van der Waals surface area contributed by atoms with E-state index in [0.717, 1.165) is 21.3 Å². The molecule has 2 aromatic carbocycles. The molecule has 0 aliphatic carbocycles. The van der Waals surface area contributed by atoms with Gasteiger partial charge in [-0.25, -0.2) is 4.39 Å². The lowest BCUT2D eigenvalue weighted by atomic mass is 10.0. The molecule has 0 saturated carbocycles. The Bertz CT molecular complexity index is 657. The molecule has 0 spiro atoms. The highest BCUT2D eigenvalue weighted by Gasteiger charge is 2.15. The van der Waals surface area contributed by atoms with Crippen LogP contribution in [-0.2, 0) is 0 Å². The van der Waals surface area contributed by atoms with Gasteiger partial charge >= 0.3 is 0 Å². The largest absolute Gasteiger partial charge is 0.457 e. The molecule has 4 heteroatoms. The average molecular weight is 352 g/mol. The Morgan fingerprint density at radius 1 is 1.10 bits per heavy atom. The van der Waals surface area contributed by atoms with Crippen LogP contribution in [-0.4, -0.2) is 7.05 Å². The van der Waals surface area contributed by atoms with E-state index in [1.54, 1.807) is 19.1 Å². The number of ether oxygens (including phenoxy) is 1. The van der Waals surface area contributed by atoms with Crippen molar-refractivity contribution in [1.82, 2.24) is 5.32 Å². The van der Waals surface area contributed by atoms with Crippen molar-refractivity contribution in [3.8, 4) is 11.5 Å². The predicted octanol–water partition coefficient (Wildman–Crippen LogP) is 5.28. The summed E-state index contributed by atoms with van der Waals surface area (Å²) in [6.45, 7) is 5.70. The van der Waals surface area contributed by atoms with Crippen molar-refractivity contribution in [3.05, 3.63) is 57.3 Å². The van der Waals surface area contributed by atoms with Crippen LogP contribution < -0.4 is 10.1 Å². The predicted molar refractivity (Wildman–Crippen MR) is 87.6 cm³/mol. The van der Waals surface area contributed by atoms with Gasteiger partial charge in [-0.3, -0.25) is 0 Å². The first kappa shape index (κ1) is 16.0. The fraction of sp³-hybridized carbons (Fsp3) is 0.294. The second-order valence-corrected chi connectivity index (χ2v) is 6.08. The average Bonchev–Trinajstić information content (AvgIpc) is 2.44. The van der Waals surface area contributed by atoms with Crippen LogP contribution in [0.4, 0.5) is 4.39 Å². The van der Waals surface area contributed by atoms with E-state index >= 15 is 0 Å². The Morgan fingerprint density at radius 3 is 2.43 bits per heavy atom. The lowest BCUT2D eigenvalue weighted by molar-refractivity contribution is 0.459. The van der Waals surface area contributed by atoms with Gasteiger partial charge in [0.15, 0.2) is 0 Å². The van der Waals surface area contributed by atoms with Crippen LogP contribution in [0.15, 0.2) is 34.8 Å². The summed E-state index contributed by atoms with van der Waals surface area (Å²) in [5.74, 6) is 1.24. The van der Waals surface area contributed by atoms with Crippen LogP contribution >= 0.6 is 15.9 Å². The molecule has 2 rings (SSSR count). The molecule has 0 radical (unpaired) electrons. The van der Waals surface area contributed by atoms with Crippen LogP contribution in [0, 0.1) is 19.7 Å². The summed E-state index contributed by atoms with van der Waals surface area (Å²) in [6.07, 6.45) is 0. The second-order valence-electron chi connectivity index (χ2n) is 5.16. The normalized spacial score (nSPS) is 12.3. The lowest BCUT2D eigenvalue weighted by Gasteiger charge is -2.18. The third kappa shape index (κ3) is 3.63. The molecule has 0 saturated heterocycles. The molecule has 0 aliphatic heterocycles. The lowest BCUT2D eigenvalue weighted by Crippen LogP contribution is -2.14. The van der Waals surface area contributed by atoms with Crippen molar-refractivity contribution >= 4 is 15.9 Å². The zero-order valence-electron chi connectivity index (χ0n) is 12.6. The fourth-order valence-corrected chi connectivity index (χ4v) is 2.57. The zero-order chi connectivity index (χ0) is 15.6. The number of benzene rings is 2. The van der Waals surface area contributed by atoms with Crippen LogP contribution in [0.2, 0.25) is 0 Å². The summed E-state index contributed by atoms with van der Waals surface area (Å²) >= 11 is 3.44. The Hall–Kier alpha value is -1.39. The molecular formula is C17H19BrFNO. The van der Waals surface area contributed by atoms with Crippen molar-refractivity contribution in [3.63, 3.8) is 0 Å². The van der Waals surface area contributed by atoms with E-state index in [-0.39, 0.29) is 11.9 Å². The maximum Gasteiger partial charge on any atom is 0.132 e. The van der Waals surface area contributed by atoms with E-state index in [9.17, 15) is 4.39 Å². The van der Waals surface area contributed by atoms with Crippen LogP contribution in [0.1, 0.15) is 29.7 Å². The van der Waals surface area contributed by atoms with Gasteiger partial charge in [0.05, 0.1) is 0 Å². The Labute approximate surface area is 133 Å². The maximum atomic E-state index is 13.8. The number of aryl methyl sites for hydroxylation is 2. The van der Waals surface area contributed by atoms with Crippen LogP contribution in [0.25, 0.3) is 0 Å². The number of halogens is 2. The minimum atomic E-state index is -0.216. The molecule has 112 valence electrons. The summed E-state index contributed by atoms with van der Waals surface area (Å²) in [6, 6.07) is 9.13. The third-order valence-electron chi connectivity index (χ3n) is 3.55. The highest BCUT2D eigenvalue weighted by molar-refractivity contribution is 9.10. The van der Waals surface area contributed by atoms with Gasteiger partial charge in [0.2, 0.25) is 0 Å². The zero-order valence-corrected chi connectivity index (χ0v) is 14.2. The molecule has 0 heterocycles. The molecular weight excluding hydrogens is 333 g/mol. The summed E-state index contributed by atoms with van der Waals surface area (Å²) < 4.78 is 20.9. The van der Waals surface area contributed by atoms with Gasteiger partial charge in [-0.15, -0.1) is 0 Å². The Balaban J connectivity index is 2.45. The first-order valence-corrected chi connectivity index (χ1v) is 7.63. The topological polar surface area (TPSA) is 21.3 Å². The summed E-state index contributed by atoms with van der Waals surface area (Å²) in [5.41, 5.74) is 2.41. The Kier molecular flexibility index (Phi) is 5.01. The molecule has 1 unspecified atom stereocenters. The van der Waals surface area contributed by atoms with Gasteiger partial charge in [0, 0.05) is 16.1 Å². The maximum absolute atomic E-state index is 13.8. The summed E-state index contributed by atoms with van der Waals surface area (Å²) in [4.78, 5) is 0. The van der Waals surface area contributed by atoms with Gasteiger partial charge in [-0.1, -0.05) is 15.9 Å². The number of rotatable bonds is 4. The van der Waals surface area contributed by atoms with Crippen LogP contribution in [0.3, 0.4) is 0 Å². The molecule has 21 heavy (non-hydrogen) atoms. The highest BCUT2D eigenvalue weighted by atomic mass is 79.9. The van der Waals surface area contributed by atoms with E-state index in [1.807, 2.05) is 39.1 Å². The molecule has 2 aromatic rings. The van der Waals surface area contributed by atoms with Crippen molar-refractivity contribution in [2.45, 2.75) is 26.8 Å². The van der Waals surface area contributed by atoms with Crippen molar-refractivity contribution in [2.24, 2.45) is 0 Å². The van der Waals surface area contributed by atoms with Gasteiger partial charge in [0.25, 0.3) is 0 Å². The van der Waals surface area contributed by atoms with Crippen molar-refractivity contribution in [1.29, 1.82) is 0 Å². The van der Waals surface area contributed by atoms with Gasteiger partial charge in [-0.2, -0.15) is 0 Å². The molecule has 2 nitrogen and oxygen atoms in total. The third-order valence-corrected chi connectivity index (χ3v) is 4.04. The first-order valence-electron chi connectivity index (χ1n) is 6.83. The first-order chi connectivity index (χ1) is 9.92. The van der Waals surface area contributed by atoms with E-state index < -0.39 is 0 Å². The van der Waals surface area contributed by atoms with Gasteiger partial charge in [-0.05, 0) is 69.3 Å². The molecule has 0 bridgehead atoms. The summed E-state index contributed by atoms with van der Waals surface area (Å²) in [7, 11) is 1.84. The minimum absolute atomic E-state index is 0.00542. The standard InChI is InChI=1S/C17H19BrFNO/c1-10-8-17(14(9-15(10)19)12(3)20-4)21-16-6-5-13(18)7-11(16)2/h5-9,12,20H,1-4H3. The molecule has 0 aromatic heterocycles. The van der Waals surface area contributed by atoms with Crippen LogP contribution in [0.5, 0.6) is 11.5 Å². The minimum Gasteiger partial charge on any atom is -0.457 e. The quantitative estimate of drug-likeness (QED) is 0.809. The SMILES string of the molecule is CNC(C)c1cc(F)c(C)cc1Oc1ccc(Br)cc1C. The van der Waals surface area contributed by atoms with E-state index in [4.69, 9.17) is 4.74 Å². The highest BCUT2D eigenvalue weighted by Crippen LogP contribution is 2.34. The van der Waals surface area contributed by atoms with E-state index in [2.05, 4.69) is 21.2 Å². The second kappa shape index (κ2) is 6.58. The monoisotopic (exact) mass is 351 g/mol. The number of hydrogen-bond donors (Lipinski definition) is 1. The molecule has 0 fully saturated rings. The number of nitrogens with one attached hydrogen (secondary N) is 1. The molecule has 0 aliphatic rings. The molecule has 1 atom stereocenters. The van der Waals surface area contributed by atoms with Crippen molar-refractivity contribution in [2.75, 3.05) is 7.05 Å².